The van der Waals surface area contributed by atoms with Crippen molar-refractivity contribution in [3.05, 3.63) is 23.7 Å². The molecule has 0 bridgehead atoms. The van der Waals surface area contributed by atoms with Gasteiger partial charge in [-0.1, -0.05) is 19.8 Å². The molecule has 1 N–H and O–H groups in total. The fourth-order valence-electron chi connectivity index (χ4n) is 2.32. The Balaban J connectivity index is 1.68. The summed E-state index contributed by atoms with van der Waals surface area (Å²) in [6, 6.07) is 4.16. The summed E-state index contributed by atoms with van der Waals surface area (Å²) < 4.78 is 5.64. The minimum Gasteiger partial charge on any atom is -0.465 e. The van der Waals surface area contributed by atoms with E-state index in [-0.39, 0.29) is 0 Å². The highest BCUT2D eigenvalue weighted by molar-refractivity contribution is 5.06. The van der Waals surface area contributed by atoms with Gasteiger partial charge in [-0.05, 0) is 37.4 Å². The van der Waals surface area contributed by atoms with Crippen LogP contribution in [-0.2, 0) is 13.0 Å². The van der Waals surface area contributed by atoms with Gasteiger partial charge in [0.1, 0.15) is 11.5 Å². The van der Waals surface area contributed by atoms with Crippen molar-refractivity contribution < 1.29 is 4.42 Å². The number of hydrogen-bond donors (Lipinski definition) is 1. The van der Waals surface area contributed by atoms with Crippen molar-refractivity contribution in [2.45, 2.75) is 45.6 Å². The van der Waals surface area contributed by atoms with Crippen molar-refractivity contribution in [2.75, 3.05) is 6.54 Å². The molecule has 0 atom stereocenters. The van der Waals surface area contributed by atoms with Crippen molar-refractivity contribution in [2.24, 2.45) is 5.92 Å². The lowest BCUT2D eigenvalue weighted by Crippen LogP contribution is -2.20. The maximum absolute atomic E-state index is 5.64. The summed E-state index contributed by atoms with van der Waals surface area (Å²) in [6.07, 6.45) is 6.65. The van der Waals surface area contributed by atoms with Gasteiger partial charge in [-0.2, -0.15) is 0 Å². The molecule has 0 saturated heterocycles. The summed E-state index contributed by atoms with van der Waals surface area (Å²) >= 11 is 0. The van der Waals surface area contributed by atoms with Crippen LogP contribution in [0.4, 0.5) is 0 Å². The summed E-state index contributed by atoms with van der Waals surface area (Å²) in [5.74, 6) is 3.07. The Kier molecular flexibility index (Phi) is 3.84. The van der Waals surface area contributed by atoms with E-state index >= 15 is 0 Å². The minimum absolute atomic E-state index is 0.885. The molecule has 1 aromatic heterocycles. The second-order valence-corrected chi connectivity index (χ2v) is 4.50. The third-order valence-corrected chi connectivity index (χ3v) is 3.27. The molecule has 0 aromatic carbocycles. The highest BCUT2D eigenvalue weighted by Crippen LogP contribution is 2.23. The average molecular weight is 207 g/mol. The Bertz CT molecular complexity index is 286. The van der Waals surface area contributed by atoms with E-state index in [9.17, 15) is 0 Å². The number of hydrogen-bond acceptors (Lipinski definition) is 2. The normalized spacial score (nSPS) is 17.4. The van der Waals surface area contributed by atoms with Crippen molar-refractivity contribution in [3.8, 4) is 0 Å². The van der Waals surface area contributed by atoms with E-state index in [2.05, 4.69) is 24.4 Å². The molecule has 1 aromatic rings. The van der Waals surface area contributed by atoms with Crippen LogP contribution < -0.4 is 5.32 Å². The first kappa shape index (κ1) is 10.7. The Morgan fingerprint density at radius 1 is 1.27 bits per heavy atom. The van der Waals surface area contributed by atoms with Crippen LogP contribution >= 0.6 is 0 Å². The lowest BCUT2D eigenvalue weighted by atomic mass is 10.1. The molecule has 15 heavy (non-hydrogen) atoms. The molecule has 0 radical (unpaired) electrons. The first-order chi connectivity index (χ1) is 7.38. The molecule has 1 heterocycles. The molecule has 2 heteroatoms. The summed E-state index contributed by atoms with van der Waals surface area (Å²) in [7, 11) is 0. The Morgan fingerprint density at radius 3 is 2.67 bits per heavy atom. The van der Waals surface area contributed by atoms with Crippen LogP contribution in [0.5, 0.6) is 0 Å². The van der Waals surface area contributed by atoms with Crippen molar-refractivity contribution in [1.82, 2.24) is 5.32 Å². The maximum atomic E-state index is 5.64. The van der Waals surface area contributed by atoms with E-state index in [0.29, 0.717) is 0 Å². The van der Waals surface area contributed by atoms with Crippen molar-refractivity contribution in [1.29, 1.82) is 0 Å². The third kappa shape index (κ3) is 3.10. The van der Waals surface area contributed by atoms with Gasteiger partial charge in [-0.25, -0.2) is 0 Å². The minimum atomic E-state index is 0.885. The van der Waals surface area contributed by atoms with Gasteiger partial charge in [0, 0.05) is 6.42 Å². The van der Waals surface area contributed by atoms with Gasteiger partial charge < -0.3 is 9.73 Å². The van der Waals surface area contributed by atoms with Crippen LogP contribution in [0.3, 0.4) is 0 Å². The predicted octanol–water partition coefficient (Wildman–Crippen LogP) is 3.12. The van der Waals surface area contributed by atoms with E-state index in [0.717, 1.165) is 36.9 Å². The highest BCUT2D eigenvalue weighted by atomic mass is 16.3. The van der Waals surface area contributed by atoms with Gasteiger partial charge in [0.2, 0.25) is 0 Å². The topological polar surface area (TPSA) is 25.2 Å². The second-order valence-electron chi connectivity index (χ2n) is 4.50. The van der Waals surface area contributed by atoms with Gasteiger partial charge in [-0.15, -0.1) is 0 Å². The van der Waals surface area contributed by atoms with Crippen LogP contribution in [0.1, 0.15) is 44.1 Å². The second kappa shape index (κ2) is 5.36. The maximum Gasteiger partial charge on any atom is 0.117 e. The van der Waals surface area contributed by atoms with Crippen LogP contribution in [-0.4, -0.2) is 6.54 Å². The third-order valence-electron chi connectivity index (χ3n) is 3.27. The summed E-state index contributed by atoms with van der Waals surface area (Å²) in [6.45, 7) is 4.16. The van der Waals surface area contributed by atoms with E-state index < -0.39 is 0 Å². The SMILES string of the molecule is CCc1ccc(CNCC2CCCC2)o1. The van der Waals surface area contributed by atoms with Crippen molar-refractivity contribution in [3.63, 3.8) is 0 Å². The van der Waals surface area contributed by atoms with Gasteiger partial charge in [0.25, 0.3) is 0 Å². The molecule has 2 rings (SSSR count). The van der Waals surface area contributed by atoms with Gasteiger partial charge in [0.15, 0.2) is 0 Å². The molecule has 1 fully saturated rings. The van der Waals surface area contributed by atoms with E-state index in [4.69, 9.17) is 4.42 Å². The molecule has 0 unspecified atom stereocenters. The molecule has 84 valence electrons. The Hall–Kier alpha value is -0.760. The Labute approximate surface area is 92.1 Å². The Morgan fingerprint density at radius 2 is 2.00 bits per heavy atom. The summed E-state index contributed by atoms with van der Waals surface area (Å²) in [5.41, 5.74) is 0. The lowest BCUT2D eigenvalue weighted by molar-refractivity contribution is 0.426. The van der Waals surface area contributed by atoms with E-state index in [1.165, 1.54) is 25.7 Å². The zero-order chi connectivity index (χ0) is 10.5. The molecule has 0 amide bonds. The first-order valence-corrected chi connectivity index (χ1v) is 6.16. The highest BCUT2D eigenvalue weighted by Gasteiger charge is 2.14. The van der Waals surface area contributed by atoms with E-state index in [1.807, 2.05) is 0 Å². The van der Waals surface area contributed by atoms with Crippen molar-refractivity contribution >= 4 is 0 Å². The molecule has 0 aliphatic heterocycles. The molecule has 1 aliphatic rings. The largest absolute Gasteiger partial charge is 0.465 e. The number of furan rings is 1. The van der Waals surface area contributed by atoms with Gasteiger partial charge in [0.05, 0.1) is 6.54 Å². The number of nitrogens with one attached hydrogen (secondary N) is 1. The van der Waals surface area contributed by atoms with Gasteiger partial charge in [-0.3, -0.25) is 0 Å². The average Bonchev–Trinajstić information content (AvgIpc) is 2.88. The van der Waals surface area contributed by atoms with Crippen LogP contribution in [0.2, 0.25) is 0 Å². The monoisotopic (exact) mass is 207 g/mol. The van der Waals surface area contributed by atoms with Crippen LogP contribution in [0.15, 0.2) is 16.5 Å². The zero-order valence-electron chi connectivity index (χ0n) is 9.59. The van der Waals surface area contributed by atoms with Crippen LogP contribution in [0.25, 0.3) is 0 Å². The zero-order valence-corrected chi connectivity index (χ0v) is 9.59. The molecular weight excluding hydrogens is 186 g/mol. The number of aryl methyl sites for hydroxylation is 1. The molecular formula is C13H21NO. The molecule has 1 aliphatic carbocycles. The smallest absolute Gasteiger partial charge is 0.117 e. The van der Waals surface area contributed by atoms with Gasteiger partial charge >= 0.3 is 0 Å². The molecule has 0 spiro atoms. The molecule has 2 nitrogen and oxygen atoms in total. The quantitative estimate of drug-likeness (QED) is 0.802. The predicted molar refractivity (Wildman–Crippen MR) is 61.8 cm³/mol. The standard InChI is InChI=1S/C13H21NO/c1-2-12-7-8-13(15-12)10-14-9-11-5-3-4-6-11/h7-8,11,14H,2-6,9-10H2,1H3. The fraction of sp³-hybridized carbons (Fsp3) is 0.692. The first-order valence-electron chi connectivity index (χ1n) is 6.16. The summed E-state index contributed by atoms with van der Waals surface area (Å²) in [5, 5.41) is 3.49. The number of rotatable bonds is 5. The lowest BCUT2D eigenvalue weighted by Gasteiger charge is -2.08. The fourth-order valence-corrected chi connectivity index (χ4v) is 2.32. The summed E-state index contributed by atoms with van der Waals surface area (Å²) in [4.78, 5) is 0. The molecule has 1 saturated carbocycles. The van der Waals surface area contributed by atoms with E-state index in [1.54, 1.807) is 0 Å². The van der Waals surface area contributed by atoms with Crippen LogP contribution in [0, 0.1) is 5.92 Å².